The summed E-state index contributed by atoms with van der Waals surface area (Å²) in [5.74, 6) is 0.857. The van der Waals surface area contributed by atoms with Gasteiger partial charge in [0.05, 0.1) is 11.6 Å². The van der Waals surface area contributed by atoms with E-state index in [2.05, 4.69) is 14.9 Å². The molecule has 1 fully saturated rings. The maximum absolute atomic E-state index is 12.7. The maximum Gasteiger partial charge on any atom is 0.241 e. The first kappa shape index (κ1) is 21.4. The van der Waals surface area contributed by atoms with Crippen molar-refractivity contribution in [3.8, 4) is 0 Å². The third-order valence-corrected chi connectivity index (χ3v) is 6.18. The molecule has 3 heterocycles. The highest BCUT2D eigenvalue weighted by Crippen LogP contribution is 2.20. The highest BCUT2D eigenvalue weighted by Gasteiger charge is 2.33. The van der Waals surface area contributed by atoms with E-state index in [1.165, 1.54) is 0 Å². The van der Waals surface area contributed by atoms with Crippen LogP contribution in [-0.2, 0) is 9.59 Å². The number of fused-ring (bicyclic) bond motifs is 1. The van der Waals surface area contributed by atoms with Crippen LogP contribution in [0.2, 0.25) is 0 Å². The van der Waals surface area contributed by atoms with Crippen molar-refractivity contribution in [1.82, 2.24) is 14.8 Å². The predicted molar refractivity (Wildman–Crippen MR) is 125 cm³/mol. The molecule has 0 spiro atoms. The maximum atomic E-state index is 12.7. The number of aliphatic imine (C=N–C) groups is 1. The second kappa shape index (κ2) is 9.96. The Labute approximate surface area is 188 Å². The molecule has 8 heteroatoms. The lowest BCUT2D eigenvalue weighted by atomic mass is 9.95. The summed E-state index contributed by atoms with van der Waals surface area (Å²) in [6.07, 6.45) is 12.3. The number of nitrogens with zero attached hydrogens (tertiary/aromatic N) is 5. The van der Waals surface area contributed by atoms with Crippen molar-refractivity contribution in [1.29, 1.82) is 0 Å². The molecular formula is C23H27N5O2S. The lowest BCUT2D eigenvalue weighted by Crippen LogP contribution is -2.49. The first-order valence-electron chi connectivity index (χ1n) is 10.9. The minimum Gasteiger partial charge on any atom is -0.353 e. The van der Waals surface area contributed by atoms with Gasteiger partial charge in [-0.25, -0.2) is 9.98 Å². The molecule has 2 amide bonds. The zero-order chi connectivity index (χ0) is 21.6. The molecule has 1 aromatic rings. The van der Waals surface area contributed by atoms with Gasteiger partial charge in [0.25, 0.3) is 0 Å². The molecule has 0 saturated carbocycles. The second-order valence-electron chi connectivity index (χ2n) is 7.90. The molecule has 1 aliphatic carbocycles. The van der Waals surface area contributed by atoms with Crippen LogP contribution in [-0.4, -0.2) is 70.1 Å². The van der Waals surface area contributed by atoms with Crippen LogP contribution in [0.1, 0.15) is 25.7 Å². The van der Waals surface area contributed by atoms with Gasteiger partial charge in [0.2, 0.25) is 16.9 Å². The highest BCUT2D eigenvalue weighted by molar-refractivity contribution is 7.80. The number of aromatic nitrogens is 1. The van der Waals surface area contributed by atoms with Crippen molar-refractivity contribution in [2.24, 2.45) is 10.9 Å². The SMILES string of the molecule is O=C(CCCCCN1C(=O)C2C=CC=CC2=NC1=S)N1CCN(c2ccccn2)CC1. The summed E-state index contributed by atoms with van der Waals surface area (Å²) >= 11 is 5.31. The van der Waals surface area contributed by atoms with Gasteiger partial charge < -0.3 is 9.80 Å². The Hall–Kier alpha value is -2.87. The van der Waals surface area contributed by atoms with Crippen LogP contribution < -0.4 is 4.90 Å². The zero-order valence-electron chi connectivity index (χ0n) is 17.5. The number of rotatable bonds is 7. The van der Waals surface area contributed by atoms with E-state index in [1.54, 1.807) is 11.1 Å². The molecule has 3 aliphatic rings. The molecule has 0 radical (unpaired) electrons. The number of anilines is 1. The van der Waals surface area contributed by atoms with Gasteiger partial charge in [-0.3, -0.25) is 14.5 Å². The number of pyridine rings is 1. The number of carbonyl (C=O) groups excluding carboxylic acids is 2. The molecule has 0 bridgehead atoms. The van der Waals surface area contributed by atoms with E-state index in [0.29, 0.717) is 18.1 Å². The van der Waals surface area contributed by atoms with Crippen molar-refractivity contribution < 1.29 is 9.59 Å². The average Bonchev–Trinajstić information content (AvgIpc) is 2.81. The van der Waals surface area contributed by atoms with Crippen LogP contribution in [0.4, 0.5) is 5.82 Å². The monoisotopic (exact) mass is 437 g/mol. The van der Waals surface area contributed by atoms with E-state index in [9.17, 15) is 9.59 Å². The summed E-state index contributed by atoms with van der Waals surface area (Å²) in [5, 5.41) is 0.345. The van der Waals surface area contributed by atoms with Crippen molar-refractivity contribution in [3.63, 3.8) is 0 Å². The molecule has 1 aromatic heterocycles. The Balaban J connectivity index is 1.15. The number of hydrogen-bond acceptors (Lipinski definition) is 5. The van der Waals surface area contributed by atoms with Gasteiger partial charge in [0.1, 0.15) is 5.82 Å². The number of allylic oxidation sites excluding steroid dienone is 3. The third-order valence-electron chi connectivity index (χ3n) is 5.87. The van der Waals surface area contributed by atoms with Gasteiger partial charge in [-0.1, -0.05) is 30.7 Å². The molecule has 1 unspecified atom stereocenters. The van der Waals surface area contributed by atoms with Crippen molar-refractivity contribution in [2.75, 3.05) is 37.6 Å². The van der Waals surface area contributed by atoms with E-state index in [-0.39, 0.29) is 17.7 Å². The number of amides is 2. The van der Waals surface area contributed by atoms with Crippen LogP contribution in [0.3, 0.4) is 0 Å². The summed E-state index contributed by atoms with van der Waals surface area (Å²) in [6, 6.07) is 5.90. The van der Waals surface area contributed by atoms with E-state index < -0.39 is 0 Å². The van der Waals surface area contributed by atoms with Crippen molar-refractivity contribution in [2.45, 2.75) is 25.7 Å². The number of thiocarbonyl (C=S) groups is 1. The fourth-order valence-electron chi connectivity index (χ4n) is 4.09. The summed E-state index contributed by atoms with van der Waals surface area (Å²) in [7, 11) is 0. The Bertz CT molecular complexity index is 919. The van der Waals surface area contributed by atoms with Crippen molar-refractivity contribution >= 4 is 40.7 Å². The van der Waals surface area contributed by atoms with Crippen LogP contribution >= 0.6 is 12.2 Å². The van der Waals surface area contributed by atoms with Crippen LogP contribution in [0.5, 0.6) is 0 Å². The normalized spacial score (nSPS) is 20.7. The van der Waals surface area contributed by atoms with Gasteiger partial charge in [-0.2, -0.15) is 0 Å². The molecule has 0 aromatic carbocycles. The quantitative estimate of drug-likeness (QED) is 0.485. The van der Waals surface area contributed by atoms with Crippen LogP contribution in [0.25, 0.3) is 0 Å². The molecule has 0 N–H and O–H groups in total. The van der Waals surface area contributed by atoms with Gasteiger partial charge >= 0.3 is 0 Å². The third kappa shape index (κ3) is 5.07. The summed E-state index contributed by atoms with van der Waals surface area (Å²) in [5.41, 5.74) is 0.725. The Morgan fingerprint density at radius 1 is 1.10 bits per heavy atom. The van der Waals surface area contributed by atoms with E-state index in [0.717, 1.165) is 57.0 Å². The summed E-state index contributed by atoms with van der Waals surface area (Å²) in [4.78, 5) is 39.8. The van der Waals surface area contributed by atoms with Crippen LogP contribution in [0.15, 0.2) is 53.7 Å². The molecule has 2 aliphatic heterocycles. The number of hydrogen-bond donors (Lipinski definition) is 0. The minimum absolute atomic E-state index is 0.00236. The zero-order valence-corrected chi connectivity index (χ0v) is 18.3. The minimum atomic E-state index is -0.317. The predicted octanol–water partition coefficient (Wildman–Crippen LogP) is 2.60. The molecule has 7 nitrogen and oxygen atoms in total. The smallest absolute Gasteiger partial charge is 0.241 e. The first-order valence-corrected chi connectivity index (χ1v) is 11.3. The molecule has 1 atom stereocenters. The van der Waals surface area contributed by atoms with Crippen LogP contribution in [0, 0.1) is 5.92 Å². The largest absolute Gasteiger partial charge is 0.353 e. The highest BCUT2D eigenvalue weighted by atomic mass is 32.1. The van der Waals surface area contributed by atoms with E-state index in [1.807, 2.05) is 47.4 Å². The topological polar surface area (TPSA) is 69.1 Å². The van der Waals surface area contributed by atoms with Gasteiger partial charge in [-0.15, -0.1) is 0 Å². The first-order chi connectivity index (χ1) is 15.1. The molecule has 1 saturated heterocycles. The molecular weight excluding hydrogens is 410 g/mol. The van der Waals surface area contributed by atoms with E-state index >= 15 is 0 Å². The number of unbranched alkanes of at least 4 members (excludes halogenated alkanes) is 2. The Morgan fingerprint density at radius 3 is 2.71 bits per heavy atom. The van der Waals surface area contributed by atoms with E-state index in [4.69, 9.17) is 12.2 Å². The van der Waals surface area contributed by atoms with Gasteiger partial charge in [0.15, 0.2) is 0 Å². The second-order valence-corrected chi connectivity index (χ2v) is 8.26. The number of piperazine rings is 1. The fourth-order valence-corrected chi connectivity index (χ4v) is 4.38. The number of carbonyl (C=O) groups is 2. The molecule has 162 valence electrons. The van der Waals surface area contributed by atoms with Crippen molar-refractivity contribution in [3.05, 3.63) is 48.7 Å². The Kier molecular flexibility index (Phi) is 6.86. The van der Waals surface area contributed by atoms with Gasteiger partial charge in [0, 0.05) is 45.3 Å². The summed E-state index contributed by atoms with van der Waals surface area (Å²) < 4.78 is 0. The van der Waals surface area contributed by atoms with Gasteiger partial charge in [-0.05, 0) is 43.3 Å². The average molecular weight is 438 g/mol. The Morgan fingerprint density at radius 2 is 1.94 bits per heavy atom. The molecule has 31 heavy (non-hydrogen) atoms. The lowest BCUT2D eigenvalue weighted by Gasteiger charge is -2.35. The fraction of sp³-hybridized carbons (Fsp3) is 0.435. The molecule has 4 rings (SSSR count). The standard InChI is InChI=1S/C23H27N5O2S/c29-21(27-16-14-26(15-17-27)20-10-5-6-12-24-20)11-2-1-7-13-28-22(30)18-8-3-4-9-19(18)25-23(28)31/h3-6,8-10,12,18H,1-2,7,11,13-17H2. The lowest BCUT2D eigenvalue weighted by molar-refractivity contribution is -0.132. The summed E-state index contributed by atoms with van der Waals surface area (Å²) in [6.45, 7) is 3.64.